The van der Waals surface area contributed by atoms with Crippen molar-refractivity contribution < 1.29 is 12.9 Å². The van der Waals surface area contributed by atoms with Crippen molar-refractivity contribution in [1.29, 1.82) is 0 Å². The van der Waals surface area contributed by atoms with Crippen molar-refractivity contribution >= 4 is 10.2 Å². The molecule has 0 amide bonds. The summed E-state index contributed by atoms with van der Waals surface area (Å²) in [5.41, 5.74) is 3.39. The van der Waals surface area contributed by atoms with E-state index in [2.05, 4.69) is 15.1 Å². The molecule has 0 aliphatic carbocycles. The lowest BCUT2D eigenvalue weighted by Crippen LogP contribution is -2.45. The molecule has 9 heteroatoms. The van der Waals surface area contributed by atoms with Gasteiger partial charge in [0.15, 0.2) is 0 Å². The highest BCUT2D eigenvalue weighted by Gasteiger charge is 2.30. The van der Waals surface area contributed by atoms with Gasteiger partial charge in [0, 0.05) is 32.9 Å². The molecule has 0 saturated carbocycles. The summed E-state index contributed by atoms with van der Waals surface area (Å²) in [4.78, 5) is 8.73. The number of nitrogens with zero attached hydrogens (tertiary/aromatic N) is 5. The van der Waals surface area contributed by atoms with Gasteiger partial charge >= 0.3 is 0 Å². The van der Waals surface area contributed by atoms with Crippen molar-refractivity contribution in [3.63, 3.8) is 0 Å². The van der Waals surface area contributed by atoms with Gasteiger partial charge in [0.05, 0.1) is 17.0 Å². The molecule has 142 valence electrons. The number of hydrogen-bond acceptors (Lipinski definition) is 6. The summed E-state index contributed by atoms with van der Waals surface area (Å²) in [7, 11) is -0.229. The molecule has 2 aromatic heterocycles. The van der Waals surface area contributed by atoms with Gasteiger partial charge in [-0.2, -0.15) is 17.0 Å². The Labute approximate surface area is 154 Å². The molecular weight excluding hydrogens is 354 g/mol. The van der Waals surface area contributed by atoms with Crippen LogP contribution in [0.2, 0.25) is 0 Å². The van der Waals surface area contributed by atoms with Crippen molar-refractivity contribution in [2.24, 2.45) is 5.92 Å². The molecule has 0 spiro atoms. The fourth-order valence-corrected chi connectivity index (χ4v) is 4.65. The summed E-state index contributed by atoms with van der Waals surface area (Å²) in [6.45, 7) is 4.84. The van der Waals surface area contributed by atoms with E-state index in [1.54, 1.807) is 24.7 Å². The average Bonchev–Trinajstić information content (AvgIpc) is 2.94. The van der Waals surface area contributed by atoms with Crippen LogP contribution in [0, 0.1) is 19.8 Å². The summed E-state index contributed by atoms with van der Waals surface area (Å²) in [5.74, 6) is 0.971. The first-order valence-electron chi connectivity index (χ1n) is 8.70. The summed E-state index contributed by atoms with van der Waals surface area (Å²) >= 11 is 0. The summed E-state index contributed by atoms with van der Waals surface area (Å²) in [5, 5.41) is 3.98. The molecule has 3 heterocycles. The first kappa shape index (κ1) is 18.9. The second-order valence-electron chi connectivity index (χ2n) is 6.95. The number of hydrogen-bond donors (Lipinski definition) is 0. The second-order valence-corrected chi connectivity index (χ2v) is 9.10. The van der Waals surface area contributed by atoms with E-state index in [9.17, 15) is 8.42 Å². The third kappa shape index (κ3) is 3.79. The molecule has 0 N–H and O–H groups in total. The Morgan fingerprint density at radius 2 is 2.08 bits per heavy atom. The number of aromatic nitrogens is 3. The van der Waals surface area contributed by atoms with Gasteiger partial charge in [-0.25, -0.2) is 9.97 Å². The summed E-state index contributed by atoms with van der Waals surface area (Å²) in [6, 6.07) is 1.95. The zero-order valence-electron chi connectivity index (χ0n) is 15.6. The van der Waals surface area contributed by atoms with Crippen LogP contribution in [0.1, 0.15) is 30.0 Å². The van der Waals surface area contributed by atoms with Crippen LogP contribution in [0.5, 0.6) is 0 Å². The third-order valence-electron chi connectivity index (χ3n) is 4.78. The van der Waals surface area contributed by atoms with Gasteiger partial charge < -0.3 is 4.52 Å². The van der Waals surface area contributed by atoms with E-state index >= 15 is 0 Å². The molecule has 1 fully saturated rings. The molecular formula is C17H25N5O3S. The maximum atomic E-state index is 12.4. The van der Waals surface area contributed by atoms with Crippen molar-refractivity contribution in [3.8, 4) is 11.3 Å². The van der Waals surface area contributed by atoms with E-state index in [4.69, 9.17) is 4.52 Å². The largest absolute Gasteiger partial charge is 0.361 e. The smallest absolute Gasteiger partial charge is 0.281 e. The number of rotatable bonds is 5. The third-order valence-corrected chi connectivity index (χ3v) is 6.69. The maximum absolute atomic E-state index is 12.4. The first-order chi connectivity index (χ1) is 12.3. The van der Waals surface area contributed by atoms with Crippen LogP contribution >= 0.6 is 0 Å². The molecule has 1 aliphatic heterocycles. The molecule has 3 rings (SSSR count). The lowest BCUT2D eigenvalue weighted by atomic mass is 9.94. The van der Waals surface area contributed by atoms with E-state index in [-0.39, 0.29) is 5.92 Å². The summed E-state index contributed by atoms with van der Waals surface area (Å²) in [6.07, 6.45) is 4.12. The second kappa shape index (κ2) is 7.42. The van der Waals surface area contributed by atoms with Crippen LogP contribution in [-0.4, -0.2) is 59.3 Å². The highest BCUT2D eigenvalue weighted by Crippen LogP contribution is 2.27. The Kier molecular flexibility index (Phi) is 5.40. The topological polar surface area (TPSA) is 92.4 Å². The van der Waals surface area contributed by atoms with Crippen LogP contribution in [-0.2, 0) is 16.6 Å². The zero-order chi connectivity index (χ0) is 18.9. The van der Waals surface area contributed by atoms with Crippen LogP contribution in [0.4, 0.5) is 0 Å². The van der Waals surface area contributed by atoms with E-state index in [0.29, 0.717) is 13.1 Å². The van der Waals surface area contributed by atoms with Crippen LogP contribution in [0.25, 0.3) is 11.3 Å². The van der Waals surface area contributed by atoms with Crippen molar-refractivity contribution in [1.82, 2.24) is 23.7 Å². The van der Waals surface area contributed by atoms with E-state index < -0.39 is 10.2 Å². The Bertz CT molecular complexity index is 859. The monoisotopic (exact) mass is 379 g/mol. The normalized spacial score (nSPS) is 19.2. The Morgan fingerprint density at radius 3 is 2.73 bits per heavy atom. The summed E-state index contributed by atoms with van der Waals surface area (Å²) < 4.78 is 32.8. The molecule has 2 aromatic rings. The van der Waals surface area contributed by atoms with Crippen molar-refractivity contribution in [2.75, 3.05) is 27.2 Å². The quantitative estimate of drug-likeness (QED) is 0.787. The Morgan fingerprint density at radius 1 is 1.31 bits per heavy atom. The van der Waals surface area contributed by atoms with Gasteiger partial charge in [-0.05, 0) is 45.1 Å². The SMILES string of the molecule is Cc1noc(C)c1-c1cc(C[C@H]2CCCN(S(=O)(=O)N(C)C)C2)ncn1. The Hall–Kier alpha value is -1.84. The van der Waals surface area contributed by atoms with E-state index in [1.165, 1.54) is 4.31 Å². The number of piperidine rings is 1. The molecule has 0 aromatic carbocycles. The van der Waals surface area contributed by atoms with Crippen LogP contribution in [0.15, 0.2) is 16.9 Å². The van der Waals surface area contributed by atoms with Crippen molar-refractivity contribution in [2.45, 2.75) is 33.1 Å². The lowest BCUT2D eigenvalue weighted by Gasteiger charge is -2.33. The maximum Gasteiger partial charge on any atom is 0.281 e. The standard InChI is InChI=1S/C17H25N5O3S/c1-12-17(13(2)25-20-12)16-9-15(18-11-19-16)8-14-6-5-7-22(10-14)26(23,24)21(3)4/h9,11,14H,5-8,10H2,1-4H3/t14-/m1/s1. The molecule has 1 atom stereocenters. The van der Waals surface area contributed by atoms with Gasteiger partial charge in [0.1, 0.15) is 12.1 Å². The molecule has 0 unspecified atom stereocenters. The van der Waals surface area contributed by atoms with Crippen molar-refractivity contribution in [3.05, 3.63) is 29.5 Å². The minimum Gasteiger partial charge on any atom is -0.361 e. The minimum absolute atomic E-state index is 0.242. The van der Waals surface area contributed by atoms with Gasteiger partial charge in [-0.15, -0.1) is 0 Å². The predicted octanol–water partition coefficient (Wildman–Crippen LogP) is 1.81. The van der Waals surface area contributed by atoms with E-state index in [1.807, 2.05) is 19.9 Å². The van der Waals surface area contributed by atoms with Crippen LogP contribution in [0.3, 0.4) is 0 Å². The number of aryl methyl sites for hydroxylation is 2. The zero-order valence-corrected chi connectivity index (χ0v) is 16.5. The highest BCUT2D eigenvalue weighted by molar-refractivity contribution is 7.86. The molecule has 26 heavy (non-hydrogen) atoms. The predicted molar refractivity (Wildman–Crippen MR) is 97.6 cm³/mol. The molecule has 0 radical (unpaired) electrons. The lowest BCUT2D eigenvalue weighted by molar-refractivity contribution is 0.253. The molecule has 1 saturated heterocycles. The first-order valence-corrected chi connectivity index (χ1v) is 10.1. The van der Waals surface area contributed by atoms with Gasteiger partial charge in [0.25, 0.3) is 10.2 Å². The molecule has 1 aliphatic rings. The molecule has 8 nitrogen and oxygen atoms in total. The average molecular weight is 379 g/mol. The van der Waals surface area contributed by atoms with Crippen LogP contribution < -0.4 is 0 Å². The van der Waals surface area contributed by atoms with Gasteiger partial charge in [-0.3, -0.25) is 0 Å². The Balaban J connectivity index is 1.76. The highest BCUT2D eigenvalue weighted by atomic mass is 32.2. The van der Waals surface area contributed by atoms with E-state index in [0.717, 1.165) is 47.7 Å². The minimum atomic E-state index is -3.37. The fourth-order valence-electron chi connectivity index (χ4n) is 3.42. The molecule has 0 bridgehead atoms. The van der Waals surface area contributed by atoms with Gasteiger partial charge in [-0.1, -0.05) is 5.16 Å². The van der Waals surface area contributed by atoms with Gasteiger partial charge in [0.2, 0.25) is 0 Å². The fraction of sp³-hybridized carbons (Fsp3) is 0.588.